The zero-order chi connectivity index (χ0) is 12.7. The molecule has 0 amide bonds. The van der Waals surface area contributed by atoms with Crippen LogP contribution in [0.1, 0.15) is 5.56 Å². The summed E-state index contributed by atoms with van der Waals surface area (Å²) >= 11 is 6.18. The fourth-order valence-corrected chi connectivity index (χ4v) is 2.14. The molecular formula is C12H11ClN2O3. The highest BCUT2D eigenvalue weighted by Crippen LogP contribution is 2.45. The van der Waals surface area contributed by atoms with E-state index in [0.29, 0.717) is 41.3 Å². The largest absolute Gasteiger partial charge is 0.486 e. The van der Waals surface area contributed by atoms with Gasteiger partial charge in [0.1, 0.15) is 13.2 Å². The molecule has 5 nitrogen and oxygen atoms in total. The number of nitrogen functional groups attached to an aromatic ring is 1. The van der Waals surface area contributed by atoms with E-state index < -0.39 is 0 Å². The lowest BCUT2D eigenvalue weighted by Gasteiger charge is -2.22. The summed E-state index contributed by atoms with van der Waals surface area (Å²) in [6, 6.07) is 3.38. The van der Waals surface area contributed by atoms with Crippen LogP contribution < -0.4 is 15.2 Å². The lowest BCUT2D eigenvalue weighted by atomic mass is 10.0. The third kappa shape index (κ3) is 1.67. The van der Waals surface area contributed by atoms with Gasteiger partial charge in [-0.3, -0.25) is 0 Å². The van der Waals surface area contributed by atoms with Crippen LogP contribution in [-0.4, -0.2) is 18.4 Å². The molecule has 2 aromatic rings. The van der Waals surface area contributed by atoms with Gasteiger partial charge in [-0.1, -0.05) is 16.8 Å². The molecule has 0 fully saturated rings. The van der Waals surface area contributed by atoms with Gasteiger partial charge in [0.05, 0.1) is 5.56 Å². The number of hydrogen-bond donors (Lipinski definition) is 1. The van der Waals surface area contributed by atoms with Gasteiger partial charge >= 0.3 is 0 Å². The average molecular weight is 267 g/mol. The monoisotopic (exact) mass is 266 g/mol. The average Bonchev–Trinajstić information content (AvgIpc) is 2.77. The van der Waals surface area contributed by atoms with E-state index >= 15 is 0 Å². The second-order valence-electron chi connectivity index (χ2n) is 4.00. The van der Waals surface area contributed by atoms with Crippen molar-refractivity contribution >= 4 is 17.4 Å². The van der Waals surface area contributed by atoms with Gasteiger partial charge < -0.3 is 19.7 Å². The topological polar surface area (TPSA) is 70.5 Å². The highest BCUT2D eigenvalue weighted by Gasteiger charge is 2.24. The third-order valence-electron chi connectivity index (χ3n) is 2.80. The van der Waals surface area contributed by atoms with E-state index in [1.54, 1.807) is 12.1 Å². The van der Waals surface area contributed by atoms with E-state index in [0.717, 1.165) is 11.1 Å². The van der Waals surface area contributed by atoms with Crippen LogP contribution in [0.25, 0.3) is 11.3 Å². The van der Waals surface area contributed by atoms with Gasteiger partial charge in [0.15, 0.2) is 23.1 Å². The van der Waals surface area contributed by atoms with E-state index in [4.69, 9.17) is 31.3 Å². The molecule has 6 heteroatoms. The van der Waals surface area contributed by atoms with Gasteiger partial charge in [0, 0.05) is 17.2 Å². The molecule has 0 aliphatic carbocycles. The quantitative estimate of drug-likeness (QED) is 0.859. The summed E-state index contributed by atoms with van der Waals surface area (Å²) < 4.78 is 16.4. The number of anilines is 1. The summed E-state index contributed by atoms with van der Waals surface area (Å²) in [5.74, 6) is 2.07. The summed E-state index contributed by atoms with van der Waals surface area (Å²) in [5.41, 5.74) is 7.15. The molecule has 0 radical (unpaired) electrons. The molecule has 0 bridgehead atoms. The van der Waals surface area contributed by atoms with Crippen molar-refractivity contribution in [2.45, 2.75) is 6.92 Å². The summed E-state index contributed by atoms with van der Waals surface area (Å²) in [4.78, 5) is 0. The maximum absolute atomic E-state index is 6.18. The molecule has 3 rings (SSSR count). The van der Waals surface area contributed by atoms with Crippen molar-refractivity contribution < 1.29 is 14.0 Å². The number of benzene rings is 1. The van der Waals surface area contributed by atoms with Crippen LogP contribution in [0.4, 0.5) is 5.82 Å². The fourth-order valence-electron chi connectivity index (χ4n) is 1.95. The number of halogens is 1. The Morgan fingerprint density at radius 3 is 2.78 bits per heavy atom. The number of hydrogen-bond acceptors (Lipinski definition) is 5. The van der Waals surface area contributed by atoms with Crippen molar-refractivity contribution in [2.75, 3.05) is 18.9 Å². The predicted molar refractivity (Wildman–Crippen MR) is 67.1 cm³/mol. The fraction of sp³-hybridized carbons (Fsp3) is 0.250. The summed E-state index contributed by atoms with van der Waals surface area (Å²) in [6.07, 6.45) is 0. The minimum Gasteiger partial charge on any atom is -0.486 e. The molecule has 1 aromatic carbocycles. The Morgan fingerprint density at radius 1 is 1.28 bits per heavy atom. The maximum atomic E-state index is 6.18. The molecule has 0 saturated heterocycles. The number of nitrogens with two attached hydrogens (primary N) is 1. The minimum absolute atomic E-state index is 0.315. The molecule has 1 aliphatic rings. The van der Waals surface area contributed by atoms with E-state index in [2.05, 4.69) is 5.16 Å². The van der Waals surface area contributed by atoms with Crippen molar-refractivity contribution in [3.8, 4) is 22.8 Å². The molecule has 1 aromatic heterocycles. The first kappa shape index (κ1) is 11.2. The van der Waals surface area contributed by atoms with Gasteiger partial charge in [-0.05, 0) is 12.5 Å². The van der Waals surface area contributed by atoms with Gasteiger partial charge in [-0.15, -0.1) is 0 Å². The van der Waals surface area contributed by atoms with Gasteiger partial charge in [-0.25, -0.2) is 0 Å². The van der Waals surface area contributed by atoms with E-state index in [1.807, 2.05) is 6.92 Å². The second kappa shape index (κ2) is 4.10. The predicted octanol–water partition coefficient (Wildman–Crippen LogP) is 2.66. The Morgan fingerprint density at radius 2 is 2.06 bits per heavy atom. The SMILES string of the molecule is Cc1c(Cl)cc2c(c1-c1cc(N)no1)OCCO2. The molecule has 94 valence electrons. The Labute approximate surface area is 108 Å². The lowest BCUT2D eigenvalue weighted by Crippen LogP contribution is -2.16. The van der Waals surface area contributed by atoms with Gasteiger partial charge in [0.2, 0.25) is 0 Å². The lowest BCUT2D eigenvalue weighted by molar-refractivity contribution is 0.172. The Balaban J connectivity index is 2.26. The molecule has 18 heavy (non-hydrogen) atoms. The first-order valence-corrected chi connectivity index (χ1v) is 5.86. The minimum atomic E-state index is 0.315. The Hall–Kier alpha value is -1.88. The number of rotatable bonds is 1. The van der Waals surface area contributed by atoms with Crippen molar-refractivity contribution in [3.05, 3.63) is 22.7 Å². The summed E-state index contributed by atoms with van der Waals surface area (Å²) in [6.45, 7) is 2.88. The van der Waals surface area contributed by atoms with Gasteiger partial charge in [-0.2, -0.15) is 0 Å². The van der Waals surface area contributed by atoms with E-state index in [-0.39, 0.29) is 0 Å². The highest BCUT2D eigenvalue weighted by atomic mass is 35.5. The van der Waals surface area contributed by atoms with E-state index in [9.17, 15) is 0 Å². The van der Waals surface area contributed by atoms with Crippen LogP contribution in [0.3, 0.4) is 0 Å². The van der Waals surface area contributed by atoms with Crippen LogP contribution in [0.5, 0.6) is 11.5 Å². The van der Waals surface area contributed by atoms with Crippen molar-refractivity contribution in [2.24, 2.45) is 0 Å². The second-order valence-corrected chi connectivity index (χ2v) is 4.41. The van der Waals surface area contributed by atoms with Crippen molar-refractivity contribution in [1.29, 1.82) is 0 Å². The smallest absolute Gasteiger partial charge is 0.173 e. The van der Waals surface area contributed by atoms with Crippen LogP contribution >= 0.6 is 11.6 Å². The number of nitrogens with zero attached hydrogens (tertiary/aromatic N) is 1. The van der Waals surface area contributed by atoms with Crippen molar-refractivity contribution in [3.63, 3.8) is 0 Å². The molecule has 2 N–H and O–H groups in total. The standard InChI is InChI=1S/C12H11ClN2O3/c1-6-7(13)4-9-12(17-3-2-16-9)11(6)8-5-10(14)15-18-8/h4-5H,2-3H2,1H3,(H2,14,15). The first-order chi connectivity index (χ1) is 8.66. The van der Waals surface area contributed by atoms with Crippen LogP contribution in [0, 0.1) is 6.92 Å². The summed E-state index contributed by atoms with van der Waals surface area (Å²) in [7, 11) is 0. The van der Waals surface area contributed by atoms with Crippen LogP contribution in [0.15, 0.2) is 16.7 Å². The molecule has 0 saturated carbocycles. The first-order valence-electron chi connectivity index (χ1n) is 5.48. The van der Waals surface area contributed by atoms with E-state index in [1.165, 1.54) is 0 Å². The van der Waals surface area contributed by atoms with Crippen LogP contribution in [0.2, 0.25) is 5.02 Å². The molecule has 0 unspecified atom stereocenters. The number of aromatic nitrogens is 1. The van der Waals surface area contributed by atoms with Crippen LogP contribution in [-0.2, 0) is 0 Å². The Kier molecular flexibility index (Phi) is 2.56. The summed E-state index contributed by atoms with van der Waals surface area (Å²) in [5, 5.41) is 4.26. The molecule has 0 atom stereocenters. The zero-order valence-corrected chi connectivity index (χ0v) is 10.5. The molecule has 0 spiro atoms. The third-order valence-corrected chi connectivity index (χ3v) is 3.20. The molecule has 1 aliphatic heterocycles. The maximum Gasteiger partial charge on any atom is 0.173 e. The highest BCUT2D eigenvalue weighted by molar-refractivity contribution is 6.32. The molecular weight excluding hydrogens is 256 g/mol. The van der Waals surface area contributed by atoms with Gasteiger partial charge in [0.25, 0.3) is 0 Å². The van der Waals surface area contributed by atoms with Crippen molar-refractivity contribution in [1.82, 2.24) is 5.16 Å². The Bertz CT molecular complexity index is 610. The zero-order valence-electron chi connectivity index (χ0n) is 9.70. The normalized spacial score (nSPS) is 13.7. The number of ether oxygens (including phenoxy) is 2. The molecule has 2 heterocycles. The number of fused-ring (bicyclic) bond motifs is 1.